The van der Waals surface area contributed by atoms with Gasteiger partial charge in [0.15, 0.2) is 0 Å². The Hall–Kier alpha value is -8.58. The molecule has 0 heterocycles. The molecule has 15 rings (SSSR count). The molecule has 0 aromatic heterocycles. The van der Waals surface area contributed by atoms with Crippen molar-refractivity contribution in [3.05, 3.63) is 265 Å². The van der Waals surface area contributed by atoms with Crippen LogP contribution in [0, 0.1) is 0 Å². The van der Waals surface area contributed by atoms with E-state index in [1.807, 2.05) is 0 Å². The predicted octanol–water partition coefficient (Wildman–Crippen LogP) is 17.9. The van der Waals surface area contributed by atoms with Crippen LogP contribution >= 0.6 is 0 Å². The standard InChI is InChI=1S/C67H40/c1-3-19-41(20-4-1)44-37-45(42-21-5-2-6-22-42)39-46(38-44)61-49-26-7-9-28-51(49)63(52-29-10-8-27-50(52)61)57-40-43-23-17-32-55-62(43)64-53(57)31-18-33-56(64)66-65(55)54-30-13-16-36-60(54)67(66)58-34-14-11-24-47(58)48-25-12-15-35-59(48)67/h1-40H. The maximum Gasteiger partial charge on any atom is 0.0731 e. The van der Waals surface area contributed by atoms with E-state index in [1.165, 1.54) is 143 Å². The van der Waals surface area contributed by atoms with E-state index in [0.717, 1.165) is 0 Å². The minimum Gasteiger partial charge on any atom is -0.0622 e. The predicted molar refractivity (Wildman–Crippen MR) is 283 cm³/mol. The summed E-state index contributed by atoms with van der Waals surface area (Å²) >= 11 is 0. The van der Waals surface area contributed by atoms with Crippen LogP contribution in [0.2, 0.25) is 0 Å². The molecule has 13 aromatic carbocycles. The molecule has 0 atom stereocenters. The molecule has 0 fully saturated rings. The zero-order chi connectivity index (χ0) is 43.8. The van der Waals surface area contributed by atoms with E-state index in [-0.39, 0.29) is 0 Å². The highest BCUT2D eigenvalue weighted by Crippen LogP contribution is 2.66. The first-order valence-corrected chi connectivity index (χ1v) is 23.5. The molecule has 2 aliphatic carbocycles. The first kappa shape index (κ1) is 36.7. The van der Waals surface area contributed by atoms with E-state index < -0.39 is 5.41 Å². The van der Waals surface area contributed by atoms with Gasteiger partial charge in [0.2, 0.25) is 0 Å². The average molecular weight is 845 g/mol. The van der Waals surface area contributed by atoms with Gasteiger partial charge in [0.25, 0.3) is 0 Å². The normalized spacial score (nSPS) is 13.2. The molecule has 308 valence electrons. The second kappa shape index (κ2) is 13.7. The topological polar surface area (TPSA) is 0 Å². The van der Waals surface area contributed by atoms with Crippen molar-refractivity contribution in [3.8, 4) is 66.8 Å². The molecule has 0 radical (unpaired) electrons. The minimum atomic E-state index is -0.461. The Labute approximate surface area is 389 Å². The van der Waals surface area contributed by atoms with Crippen molar-refractivity contribution in [2.75, 3.05) is 0 Å². The second-order valence-electron chi connectivity index (χ2n) is 18.6. The monoisotopic (exact) mass is 844 g/mol. The van der Waals surface area contributed by atoms with E-state index >= 15 is 0 Å². The van der Waals surface area contributed by atoms with Gasteiger partial charge in [-0.3, -0.25) is 0 Å². The van der Waals surface area contributed by atoms with E-state index in [9.17, 15) is 0 Å². The summed E-state index contributed by atoms with van der Waals surface area (Å²) in [5, 5.41) is 12.9. The summed E-state index contributed by atoms with van der Waals surface area (Å²) in [5.41, 5.74) is 20.3. The Balaban J connectivity index is 1.07. The lowest BCUT2D eigenvalue weighted by Crippen LogP contribution is -2.26. The Bertz CT molecular complexity index is 4030. The SMILES string of the molecule is c1ccc(-c2cc(-c3ccccc3)cc(-c3c4ccccc4c(-c4cc5cccc6c7c(c8cccc4c8c56)C4(c5ccccc5-c5ccccc54)c4ccccc4-7)c4ccccc34)c2)cc1. The van der Waals surface area contributed by atoms with E-state index in [0.29, 0.717) is 0 Å². The molecule has 0 unspecified atom stereocenters. The summed E-state index contributed by atoms with van der Waals surface area (Å²) in [6.07, 6.45) is 0. The molecular formula is C67H40. The third kappa shape index (κ3) is 4.86. The number of fused-ring (bicyclic) bond motifs is 14. The third-order valence-electron chi connectivity index (χ3n) is 15.4. The first-order chi connectivity index (χ1) is 33.3. The van der Waals surface area contributed by atoms with Gasteiger partial charge in [0, 0.05) is 0 Å². The van der Waals surface area contributed by atoms with Gasteiger partial charge in [-0.15, -0.1) is 0 Å². The average Bonchev–Trinajstić information content (AvgIpc) is 3.88. The van der Waals surface area contributed by atoms with Crippen LogP contribution in [0.4, 0.5) is 0 Å². The van der Waals surface area contributed by atoms with Crippen LogP contribution in [0.25, 0.3) is 121 Å². The summed E-state index contributed by atoms with van der Waals surface area (Å²) < 4.78 is 0. The zero-order valence-electron chi connectivity index (χ0n) is 36.6. The Kier molecular flexibility index (Phi) is 7.52. The summed E-state index contributed by atoms with van der Waals surface area (Å²) in [5.74, 6) is 0. The molecule has 67 heavy (non-hydrogen) atoms. The highest BCUT2D eigenvalue weighted by Gasteiger charge is 2.53. The maximum atomic E-state index is 2.50. The summed E-state index contributed by atoms with van der Waals surface area (Å²) in [7, 11) is 0. The van der Waals surface area contributed by atoms with Gasteiger partial charge in [0.1, 0.15) is 0 Å². The third-order valence-corrected chi connectivity index (χ3v) is 15.4. The second-order valence-corrected chi connectivity index (χ2v) is 18.6. The van der Waals surface area contributed by atoms with E-state index in [1.54, 1.807) is 0 Å². The lowest BCUT2D eigenvalue weighted by molar-refractivity contribution is 0.802. The van der Waals surface area contributed by atoms with Crippen molar-refractivity contribution >= 4 is 53.9 Å². The van der Waals surface area contributed by atoms with Crippen LogP contribution in [-0.2, 0) is 5.41 Å². The van der Waals surface area contributed by atoms with Crippen LogP contribution in [-0.4, -0.2) is 0 Å². The van der Waals surface area contributed by atoms with Crippen molar-refractivity contribution in [2.24, 2.45) is 0 Å². The van der Waals surface area contributed by atoms with E-state index in [4.69, 9.17) is 0 Å². The molecule has 13 aromatic rings. The highest BCUT2D eigenvalue weighted by atomic mass is 14.5. The molecule has 0 nitrogen and oxygen atoms in total. The Morgan fingerprint density at radius 1 is 0.224 bits per heavy atom. The first-order valence-electron chi connectivity index (χ1n) is 23.5. The summed E-state index contributed by atoms with van der Waals surface area (Å²) in [6, 6.07) is 91.4. The molecule has 2 aliphatic rings. The van der Waals surface area contributed by atoms with Gasteiger partial charge in [-0.25, -0.2) is 0 Å². The fourth-order valence-electron chi connectivity index (χ4n) is 12.9. The van der Waals surface area contributed by atoms with Gasteiger partial charge in [-0.1, -0.05) is 218 Å². The fraction of sp³-hybridized carbons (Fsp3) is 0.0149. The van der Waals surface area contributed by atoms with Crippen molar-refractivity contribution in [1.29, 1.82) is 0 Å². The Morgan fingerprint density at radius 3 is 1.25 bits per heavy atom. The van der Waals surface area contributed by atoms with Crippen molar-refractivity contribution in [3.63, 3.8) is 0 Å². The van der Waals surface area contributed by atoms with Crippen molar-refractivity contribution in [1.82, 2.24) is 0 Å². The molecule has 0 N–H and O–H groups in total. The van der Waals surface area contributed by atoms with Gasteiger partial charge < -0.3 is 0 Å². The molecule has 0 bridgehead atoms. The molecule has 0 saturated carbocycles. The summed E-state index contributed by atoms with van der Waals surface area (Å²) in [4.78, 5) is 0. The van der Waals surface area contributed by atoms with Gasteiger partial charge in [-0.05, 0) is 167 Å². The number of benzene rings is 13. The molecule has 0 heteroatoms. The molecular weight excluding hydrogens is 805 g/mol. The molecule has 0 amide bonds. The lowest BCUT2D eigenvalue weighted by atomic mass is 9.68. The zero-order valence-corrected chi connectivity index (χ0v) is 36.6. The molecule has 1 spiro atoms. The van der Waals surface area contributed by atoms with Crippen LogP contribution in [0.3, 0.4) is 0 Å². The van der Waals surface area contributed by atoms with Gasteiger partial charge in [0.05, 0.1) is 5.41 Å². The largest absolute Gasteiger partial charge is 0.0731 e. The van der Waals surface area contributed by atoms with Crippen LogP contribution in [0.5, 0.6) is 0 Å². The minimum absolute atomic E-state index is 0.461. The highest BCUT2D eigenvalue weighted by molar-refractivity contribution is 6.34. The fourth-order valence-corrected chi connectivity index (χ4v) is 12.9. The number of rotatable bonds is 4. The number of hydrogen-bond acceptors (Lipinski definition) is 0. The smallest absolute Gasteiger partial charge is 0.0622 e. The lowest BCUT2D eigenvalue weighted by Gasteiger charge is -2.32. The quantitative estimate of drug-likeness (QED) is 0.122. The summed E-state index contributed by atoms with van der Waals surface area (Å²) in [6.45, 7) is 0. The van der Waals surface area contributed by atoms with Crippen molar-refractivity contribution in [2.45, 2.75) is 5.41 Å². The number of hydrogen-bond donors (Lipinski definition) is 0. The van der Waals surface area contributed by atoms with Crippen LogP contribution in [0.15, 0.2) is 243 Å². The van der Waals surface area contributed by atoms with Crippen molar-refractivity contribution < 1.29 is 0 Å². The van der Waals surface area contributed by atoms with E-state index in [2.05, 4.69) is 243 Å². The molecule has 0 aliphatic heterocycles. The van der Waals surface area contributed by atoms with Crippen LogP contribution < -0.4 is 0 Å². The maximum absolute atomic E-state index is 2.50. The van der Waals surface area contributed by atoms with Gasteiger partial charge >= 0.3 is 0 Å². The Morgan fingerprint density at radius 2 is 0.657 bits per heavy atom. The van der Waals surface area contributed by atoms with Gasteiger partial charge in [-0.2, -0.15) is 0 Å². The molecule has 0 saturated heterocycles. The van der Waals surface area contributed by atoms with Crippen LogP contribution in [0.1, 0.15) is 22.3 Å².